The number of hydrogen-bond donors (Lipinski definition) is 1. The molecule has 0 bridgehead atoms. The van der Waals surface area contributed by atoms with Crippen molar-refractivity contribution < 1.29 is 0 Å². The van der Waals surface area contributed by atoms with Crippen LogP contribution in [0.2, 0.25) is 0 Å². The lowest BCUT2D eigenvalue weighted by Crippen LogP contribution is -2.21. The molecule has 90 valence electrons. The van der Waals surface area contributed by atoms with Gasteiger partial charge in [0.05, 0.1) is 5.69 Å². The Labute approximate surface area is 105 Å². The molecular weight excluding hydrogens is 232 g/mol. The van der Waals surface area contributed by atoms with E-state index < -0.39 is 0 Å². The Morgan fingerprint density at radius 2 is 2.24 bits per heavy atom. The van der Waals surface area contributed by atoms with Gasteiger partial charge in [0.25, 0.3) is 0 Å². The van der Waals surface area contributed by atoms with Crippen molar-refractivity contribution in [3.05, 3.63) is 41.2 Å². The van der Waals surface area contributed by atoms with E-state index in [1.165, 1.54) is 11.3 Å². The normalized spacial score (nSPS) is 10.9. The van der Waals surface area contributed by atoms with E-state index in [2.05, 4.69) is 28.0 Å². The molecule has 0 amide bonds. The van der Waals surface area contributed by atoms with Gasteiger partial charge in [-0.1, -0.05) is 6.07 Å². The van der Waals surface area contributed by atoms with E-state index in [0.717, 1.165) is 30.9 Å². The molecule has 2 aromatic rings. The van der Waals surface area contributed by atoms with E-state index >= 15 is 0 Å². The molecular formula is C12H16N4S. The highest BCUT2D eigenvalue weighted by Gasteiger charge is 2.04. The highest BCUT2D eigenvalue weighted by Crippen LogP contribution is 2.12. The molecule has 4 nitrogen and oxygen atoms in total. The highest BCUT2D eigenvalue weighted by atomic mass is 32.1. The van der Waals surface area contributed by atoms with Crippen LogP contribution in [0.25, 0.3) is 0 Å². The van der Waals surface area contributed by atoms with Crippen molar-refractivity contribution in [2.75, 3.05) is 19.3 Å². The van der Waals surface area contributed by atoms with Gasteiger partial charge in [-0.2, -0.15) is 0 Å². The van der Waals surface area contributed by atoms with Gasteiger partial charge in [0, 0.05) is 36.8 Å². The fraction of sp³-hybridized carbons (Fsp3) is 0.333. The molecule has 0 saturated carbocycles. The monoisotopic (exact) mass is 248 g/mol. The van der Waals surface area contributed by atoms with Crippen molar-refractivity contribution >= 4 is 16.5 Å². The number of pyridine rings is 1. The van der Waals surface area contributed by atoms with Crippen LogP contribution >= 0.6 is 11.3 Å². The number of nitrogens with zero attached hydrogens (tertiary/aromatic N) is 3. The van der Waals surface area contributed by atoms with Crippen LogP contribution in [0, 0.1) is 0 Å². The minimum absolute atomic E-state index is 0.637. The molecule has 2 heterocycles. The molecule has 0 aromatic carbocycles. The third-order valence-corrected chi connectivity index (χ3v) is 3.20. The Kier molecular flexibility index (Phi) is 4.06. The summed E-state index contributed by atoms with van der Waals surface area (Å²) >= 11 is 1.49. The molecule has 0 atom stereocenters. The third kappa shape index (κ3) is 3.80. The van der Waals surface area contributed by atoms with Crippen LogP contribution in [0.5, 0.6) is 0 Å². The van der Waals surface area contributed by atoms with Crippen LogP contribution in [0.15, 0.2) is 29.8 Å². The summed E-state index contributed by atoms with van der Waals surface area (Å²) < 4.78 is 0. The molecule has 2 rings (SSSR count). The van der Waals surface area contributed by atoms with Gasteiger partial charge in [-0.25, -0.2) is 4.98 Å². The largest absolute Gasteiger partial charge is 0.375 e. The van der Waals surface area contributed by atoms with Gasteiger partial charge in [0.1, 0.15) is 0 Å². The lowest BCUT2D eigenvalue weighted by molar-refractivity contribution is 0.327. The van der Waals surface area contributed by atoms with Crippen LogP contribution in [-0.2, 0) is 13.0 Å². The predicted molar refractivity (Wildman–Crippen MR) is 70.8 cm³/mol. The molecule has 17 heavy (non-hydrogen) atoms. The first-order chi connectivity index (χ1) is 8.24. The van der Waals surface area contributed by atoms with Crippen LogP contribution < -0.4 is 5.73 Å². The number of likely N-dealkylation sites (N-methyl/N-ethyl adjacent to an activating group) is 1. The summed E-state index contributed by atoms with van der Waals surface area (Å²) in [5, 5.41) is 2.64. The van der Waals surface area contributed by atoms with Gasteiger partial charge in [-0.3, -0.25) is 4.98 Å². The van der Waals surface area contributed by atoms with Gasteiger partial charge in [0.15, 0.2) is 5.13 Å². The number of anilines is 1. The third-order valence-electron chi connectivity index (χ3n) is 2.48. The van der Waals surface area contributed by atoms with Gasteiger partial charge < -0.3 is 10.6 Å². The van der Waals surface area contributed by atoms with Crippen molar-refractivity contribution in [3.8, 4) is 0 Å². The molecule has 0 radical (unpaired) electrons. The van der Waals surface area contributed by atoms with Crippen LogP contribution in [0.3, 0.4) is 0 Å². The van der Waals surface area contributed by atoms with Crippen molar-refractivity contribution in [2.24, 2.45) is 0 Å². The Morgan fingerprint density at radius 3 is 2.88 bits per heavy atom. The number of aromatic nitrogens is 2. The maximum Gasteiger partial charge on any atom is 0.180 e. The Bertz CT molecular complexity index is 455. The van der Waals surface area contributed by atoms with Crippen molar-refractivity contribution in [1.82, 2.24) is 14.9 Å². The van der Waals surface area contributed by atoms with Crippen LogP contribution in [-0.4, -0.2) is 28.5 Å². The Morgan fingerprint density at radius 1 is 1.35 bits per heavy atom. The quantitative estimate of drug-likeness (QED) is 0.876. The lowest BCUT2D eigenvalue weighted by Gasteiger charge is -2.14. The zero-order valence-corrected chi connectivity index (χ0v) is 10.7. The number of nitrogen functional groups attached to an aromatic ring is 1. The molecule has 0 spiro atoms. The second kappa shape index (κ2) is 5.75. The van der Waals surface area contributed by atoms with Gasteiger partial charge in [-0.15, -0.1) is 11.3 Å². The van der Waals surface area contributed by atoms with E-state index in [4.69, 9.17) is 5.73 Å². The zero-order chi connectivity index (χ0) is 12.1. The molecule has 0 aliphatic heterocycles. The molecule has 0 aliphatic rings. The summed E-state index contributed by atoms with van der Waals surface area (Å²) in [5.41, 5.74) is 7.76. The van der Waals surface area contributed by atoms with E-state index in [0.29, 0.717) is 5.13 Å². The Balaban J connectivity index is 1.80. The molecule has 0 saturated heterocycles. The van der Waals surface area contributed by atoms with Gasteiger partial charge in [0.2, 0.25) is 0 Å². The summed E-state index contributed by atoms with van der Waals surface area (Å²) in [5.74, 6) is 0. The van der Waals surface area contributed by atoms with E-state index in [-0.39, 0.29) is 0 Å². The maximum absolute atomic E-state index is 5.60. The second-order valence-corrected chi connectivity index (χ2v) is 4.88. The zero-order valence-electron chi connectivity index (χ0n) is 9.84. The first kappa shape index (κ1) is 12.0. The van der Waals surface area contributed by atoms with Gasteiger partial charge >= 0.3 is 0 Å². The molecule has 5 heteroatoms. The minimum atomic E-state index is 0.637. The van der Waals surface area contributed by atoms with E-state index in [1.54, 1.807) is 0 Å². The van der Waals surface area contributed by atoms with Crippen molar-refractivity contribution in [1.29, 1.82) is 0 Å². The van der Waals surface area contributed by atoms with Crippen molar-refractivity contribution in [2.45, 2.75) is 13.0 Å². The van der Waals surface area contributed by atoms with Crippen molar-refractivity contribution in [3.63, 3.8) is 0 Å². The summed E-state index contributed by atoms with van der Waals surface area (Å²) in [4.78, 5) is 10.8. The van der Waals surface area contributed by atoms with E-state index in [1.807, 2.05) is 23.7 Å². The molecule has 2 N–H and O–H groups in total. The summed E-state index contributed by atoms with van der Waals surface area (Å²) in [6.45, 7) is 1.80. The SMILES string of the molecule is CN(CCc1ccccn1)Cc1csc(N)n1. The van der Waals surface area contributed by atoms with Crippen LogP contribution in [0.1, 0.15) is 11.4 Å². The lowest BCUT2D eigenvalue weighted by atomic mass is 10.2. The highest BCUT2D eigenvalue weighted by molar-refractivity contribution is 7.13. The number of thiazole rings is 1. The molecule has 0 aliphatic carbocycles. The predicted octanol–water partition coefficient (Wildman–Crippen LogP) is 1.79. The average Bonchev–Trinajstić information content (AvgIpc) is 2.73. The maximum atomic E-state index is 5.60. The van der Waals surface area contributed by atoms with Crippen LogP contribution in [0.4, 0.5) is 5.13 Å². The average molecular weight is 248 g/mol. The molecule has 0 fully saturated rings. The minimum Gasteiger partial charge on any atom is -0.375 e. The van der Waals surface area contributed by atoms with Gasteiger partial charge in [-0.05, 0) is 19.2 Å². The second-order valence-electron chi connectivity index (χ2n) is 3.99. The first-order valence-corrected chi connectivity index (χ1v) is 6.40. The smallest absolute Gasteiger partial charge is 0.180 e. The first-order valence-electron chi connectivity index (χ1n) is 5.52. The fourth-order valence-corrected chi connectivity index (χ4v) is 2.16. The summed E-state index contributed by atoms with van der Waals surface area (Å²) in [6.07, 6.45) is 2.79. The number of hydrogen-bond acceptors (Lipinski definition) is 5. The Hall–Kier alpha value is -1.46. The summed E-state index contributed by atoms with van der Waals surface area (Å²) in [6, 6.07) is 6.00. The number of rotatable bonds is 5. The summed E-state index contributed by atoms with van der Waals surface area (Å²) in [7, 11) is 2.08. The number of nitrogens with two attached hydrogens (primary N) is 1. The topological polar surface area (TPSA) is 55.0 Å². The fourth-order valence-electron chi connectivity index (χ4n) is 1.60. The molecule has 0 unspecified atom stereocenters. The van der Waals surface area contributed by atoms with E-state index in [9.17, 15) is 0 Å². The molecule has 2 aromatic heterocycles. The standard InChI is InChI=1S/C12H16N4S/c1-16(8-11-9-17-12(13)15-11)7-5-10-4-2-3-6-14-10/h2-4,6,9H,5,7-8H2,1H3,(H2,13,15).